The van der Waals surface area contributed by atoms with E-state index >= 15 is 0 Å². The maximum Gasteiger partial charge on any atom is 0.408 e. The Morgan fingerprint density at radius 2 is 1.64 bits per heavy atom. The first kappa shape index (κ1) is 21.8. The van der Waals surface area contributed by atoms with Gasteiger partial charge in [0.2, 0.25) is 0 Å². The molecule has 1 atom stereocenters. The summed E-state index contributed by atoms with van der Waals surface area (Å²) in [7, 11) is 0. The minimum absolute atomic E-state index is 0.0618. The number of carbonyl (C=O) groups is 2. The third-order valence-corrected chi connectivity index (χ3v) is 4.98. The number of hydrogen-bond acceptors (Lipinski definition) is 6. The average molecular weight is 443 g/mol. The molecule has 7 heteroatoms. The van der Waals surface area contributed by atoms with Crippen LogP contribution in [0, 0.1) is 6.92 Å². The number of fused-ring (bicyclic) bond motifs is 1. The van der Waals surface area contributed by atoms with E-state index in [-0.39, 0.29) is 12.4 Å². The summed E-state index contributed by atoms with van der Waals surface area (Å²) in [5.41, 5.74) is 1.91. The van der Waals surface area contributed by atoms with Crippen LogP contribution in [-0.4, -0.2) is 12.1 Å². The summed E-state index contributed by atoms with van der Waals surface area (Å²) in [5, 5.41) is 3.30. The fourth-order valence-corrected chi connectivity index (χ4v) is 3.35. The molecular formula is C26H21NO6. The summed E-state index contributed by atoms with van der Waals surface area (Å²) < 4.78 is 16.0. The summed E-state index contributed by atoms with van der Waals surface area (Å²) in [4.78, 5) is 37.1. The van der Waals surface area contributed by atoms with Gasteiger partial charge in [-0.05, 0) is 35.7 Å². The molecule has 0 saturated carbocycles. The summed E-state index contributed by atoms with van der Waals surface area (Å²) in [6.45, 7) is 1.85. The molecule has 166 valence electrons. The Labute approximate surface area is 189 Å². The highest BCUT2D eigenvalue weighted by Gasteiger charge is 2.26. The molecule has 0 saturated heterocycles. The molecule has 1 amide bonds. The second-order valence-corrected chi connectivity index (χ2v) is 7.38. The lowest BCUT2D eigenvalue weighted by Crippen LogP contribution is -2.36. The normalized spacial score (nSPS) is 11.5. The van der Waals surface area contributed by atoms with Crippen LogP contribution < -0.4 is 15.7 Å². The van der Waals surface area contributed by atoms with Gasteiger partial charge in [0.05, 0.1) is 0 Å². The first-order valence-electron chi connectivity index (χ1n) is 10.3. The van der Waals surface area contributed by atoms with E-state index in [9.17, 15) is 14.4 Å². The Bertz CT molecular complexity index is 1330. The number of aryl methyl sites for hydroxylation is 1. The minimum Gasteiger partial charge on any atom is -0.445 e. The van der Waals surface area contributed by atoms with Crippen molar-refractivity contribution >= 4 is 23.0 Å². The highest BCUT2D eigenvalue weighted by Crippen LogP contribution is 2.24. The predicted molar refractivity (Wildman–Crippen MR) is 122 cm³/mol. The highest BCUT2D eigenvalue weighted by molar-refractivity contribution is 5.86. The van der Waals surface area contributed by atoms with Crippen LogP contribution in [0.15, 0.2) is 94.1 Å². The molecule has 1 heterocycles. The molecule has 0 bridgehead atoms. The van der Waals surface area contributed by atoms with Crippen molar-refractivity contribution in [1.82, 2.24) is 5.32 Å². The number of amides is 1. The van der Waals surface area contributed by atoms with E-state index in [4.69, 9.17) is 13.9 Å². The second-order valence-electron chi connectivity index (χ2n) is 7.38. The standard InChI is InChI=1S/C26H21NO6/c1-17-14-23(28)33-22-15-20(12-13-21(17)22)32-25(29)24(19-10-6-3-7-11-19)27-26(30)31-16-18-8-4-2-5-9-18/h2-15,24H,16H2,1H3,(H,27,30). The van der Waals surface area contributed by atoms with Crippen molar-refractivity contribution in [2.24, 2.45) is 0 Å². The van der Waals surface area contributed by atoms with Gasteiger partial charge >= 0.3 is 17.7 Å². The Kier molecular flexibility index (Phi) is 6.50. The number of esters is 1. The molecule has 33 heavy (non-hydrogen) atoms. The largest absolute Gasteiger partial charge is 0.445 e. The zero-order chi connectivity index (χ0) is 23.2. The Morgan fingerprint density at radius 1 is 0.939 bits per heavy atom. The van der Waals surface area contributed by atoms with Gasteiger partial charge in [0.15, 0.2) is 6.04 Å². The zero-order valence-electron chi connectivity index (χ0n) is 17.8. The maximum atomic E-state index is 13.0. The minimum atomic E-state index is -1.10. The quantitative estimate of drug-likeness (QED) is 0.264. The molecule has 0 fully saturated rings. The van der Waals surface area contributed by atoms with Crippen molar-refractivity contribution in [2.75, 3.05) is 0 Å². The summed E-state index contributed by atoms with van der Waals surface area (Å²) >= 11 is 0. The van der Waals surface area contributed by atoms with Gasteiger partial charge in [-0.3, -0.25) is 0 Å². The monoisotopic (exact) mass is 443 g/mol. The molecule has 4 rings (SSSR count). The first-order chi connectivity index (χ1) is 16.0. The number of ether oxygens (including phenoxy) is 2. The van der Waals surface area contributed by atoms with E-state index in [0.29, 0.717) is 11.1 Å². The van der Waals surface area contributed by atoms with E-state index in [2.05, 4.69) is 5.32 Å². The van der Waals surface area contributed by atoms with Crippen LogP contribution in [0.3, 0.4) is 0 Å². The van der Waals surface area contributed by atoms with Gasteiger partial charge in [0, 0.05) is 17.5 Å². The van der Waals surface area contributed by atoms with E-state index in [0.717, 1.165) is 16.5 Å². The number of rotatable bonds is 6. The number of nitrogens with one attached hydrogen (secondary N) is 1. The number of hydrogen-bond donors (Lipinski definition) is 1. The van der Waals surface area contributed by atoms with Gasteiger partial charge in [-0.1, -0.05) is 60.7 Å². The molecule has 0 aliphatic rings. The molecule has 1 N–H and O–H groups in total. The van der Waals surface area contributed by atoms with Gasteiger partial charge in [-0.2, -0.15) is 0 Å². The molecule has 0 spiro atoms. The average Bonchev–Trinajstić information content (AvgIpc) is 2.82. The molecule has 1 aromatic heterocycles. The molecule has 4 aromatic rings. The van der Waals surface area contributed by atoms with Crippen molar-refractivity contribution in [2.45, 2.75) is 19.6 Å². The van der Waals surface area contributed by atoms with E-state index < -0.39 is 23.7 Å². The highest BCUT2D eigenvalue weighted by atomic mass is 16.6. The van der Waals surface area contributed by atoms with Crippen LogP contribution in [0.2, 0.25) is 0 Å². The van der Waals surface area contributed by atoms with Crippen molar-refractivity contribution in [3.8, 4) is 5.75 Å². The van der Waals surface area contributed by atoms with E-state index in [1.807, 2.05) is 30.3 Å². The number of carbonyl (C=O) groups excluding carboxylic acids is 2. The predicted octanol–water partition coefficient (Wildman–Crippen LogP) is 4.67. The second kappa shape index (κ2) is 9.82. The van der Waals surface area contributed by atoms with Gasteiger partial charge in [-0.15, -0.1) is 0 Å². The van der Waals surface area contributed by atoms with Crippen LogP contribution in [0.5, 0.6) is 5.75 Å². The molecular weight excluding hydrogens is 422 g/mol. The van der Waals surface area contributed by atoms with Crippen LogP contribution in [0.1, 0.15) is 22.7 Å². The Morgan fingerprint density at radius 3 is 2.36 bits per heavy atom. The lowest BCUT2D eigenvalue weighted by atomic mass is 10.1. The lowest BCUT2D eigenvalue weighted by molar-refractivity contribution is -0.136. The summed E-state index contributed by atoms with van der Waals surface area (Å²) in [6.07, 6.45) is -0.759. The molecule has 1 unspecified atom stereocenters. The van der Waals surface area contributed by atoms with Gasteiger partial charge in [0.25, 0.3) is 0 Å². The molecule has 0 aliphatic heterocycles. The van der Waals surface area contributed by atoms with Gasteiger partial charge in [0.1, 0.15) is 17.9 Å². The fourth-order valence-electron chi connectivity index (χ4n) is 3.35. The lowest BCUT2D eigenvalue weighted by Gasteiger charge is -2.18. The van der Waals surface area contributed by atoms with Crippen LogP contribution >= 0.6 is 0 Å². The van der Waals surface area contributed by atoms with E-state index in [1.54, 1.807) is 49.4 Å². The molecule has 7 nitrogen and oxygen atoms in total. The summed E-state index contributed by atoms with van der Waals surface area (Å²) in [5.74, 6) is -0.533. The van der Waals surface area contributed by atoms with Crippen molar-refractivity contribution in [3.63, 3.8) is 0 Å². The Balaban J connectivity index is 1.52. The van der Waals surface area contributed by atoms with Crippen LogP contribution in [0.4, 0.5) is 4.79 Å². The summed E-state index contributed by atoms with van der Waals surface area (Å²) in [6, 6.07) is 23.0. The van der Waals surface area contributed by atoms with Gasteiger partial charge < -0.3 is 19.2 Å². The number of benzene rings is 3. The molecule has 3 aromatic carbocycles. The van der Waals surface area contributed by atoms with Crippen molar-refractivity contribution in [3.05, 3.63) is 112 Å². The fraction of sp³-hybridized carbons (Fsp3) is 0.115. The van der Waals surface area contributed by atoms with Crippen molar-refractivity contribution < 1.29 is 23.5 Å². The molecule has 0 radical (unpaired) electrons. The van der Waals surface area contributed by atoms with Crippen LogP contribution in [-0.2, 0) is 16.1 Å². The smallest absolute Gasteiger partial charge is 0.408 e. The topological polar surface area (TPSA) is 94.8 Å². The first-order valence-corrected chi connectivity index (χ1v) is 10.3. The van der Waals surface area contributed by atoms with Gasteiger partial charge in [-0.25, -0.2) is 14.4 Å². The maximum absolute atomic E-state index is 13.0. The Hall–Kier alpha value is -4.39. The third kappa shape index (κ3) is 5.46. The van der Waals surface area contributed by atoms with E-state index in [1.165, 1.54) is 12.1 Å². The van der Waals surface area contributed by atoms with Crippen LogP contribution in [0.25, 0.3) is 11.0 Å². The molecule has 0 aliphatic carbocycles. The number of alkyl carbamates (subject to hydrolysis) is 1. The zero-order valence-corrected chi connectivity index (χ0v) is 17.8. The third-order valence-electron chi connectivity index (χ3n) is 4.98. The SMILES string of the molecule is Cc1cc(=O)oc2cc(OC(=O)C(NC(=O)OCc3ccccc3)c3ccccc3)ccc12. The van der Waals surface area contributed by atoms with Crippen molar-refractivity contribution in [1.29, 1.82) is 0 Å².